The Labute approximate surface area is 147 Å². The highest BCUT2D eigenvalue weighted by Crippen LogP contribution is 2.17. The van der Waals surface area contributed by atoms with Crippen LogP contribution in [0.5, 0.6) is 0 Å². The molecule has 2 N–H and O–H groups in total. The smallest absolute Gasteiger partial charge is 0.233 e. The van der Waals surface area contributed by atoms with Gasteiger partial charge in [-0.1, -0.05) is 26.0 Å². The second-order valence-electron chi connectivity index (χ2n) is 6.18. The lowest BCUT2D eigenvalue weighted by atomic mass is 10.0. The molecule has 130 valence electrons. The second kappa shape index (κ2) is 8.24. The van der Waals surface area contributed by atoms with E-state index in [1.807, 2.05) is 24.3 Å². The fourth-order valence-electron chi connectivity index (χ4n) is 2.30. The third kappa shape index (κ3) is 5.57. The van der Waals surface area contributed by atoms with E-state index < -0.39 is 5.91 Å². The summed E-state index contributed by atoms with van der Waals surface area (Å²) in [5.74, 6) is -0.410. The number of hydrogen-bond acceptors (Lipinski definition) is 3. The van der Waals surface area contributed by atoms with Crippen LogP contribution < -0.4 is 10.6 Å². The first-order chi connectivity index (χ1) is 11.8. The highest BCUT2D eigenvalue weighted by molar-refractivity contribution is 6.08. The summed E-state index contributed by atoms with van der Waals surface area (Å²) < 4.78 is 0. The minimum Gasteiger partial charge on any atom is -0.326 e. The molecule has 0 bridgehead atoms. The van der Waals surface area contributed by atoms with Gasteiger partial charge in [0.2, 0.25) is 11.8 Å². The quantitative estimate of drug-likeness (QED) is 0.618. The maximum Gasteiger partial charge on any atom is 0.233 e. The van der Waals surface area contributed by atoms with Gasteiger partial charge < -0.3 is 10.6 Å². The van der Waals surface area contributed by atoms with Crippen molar-refractivity contribution in [2.45, 2.75) is 33.1 Å². The molecule has 2 aromatic carbocycles. The molecule has 0 aromatic heterocycles. The topological polar surface area (TPSA) is 75.3 Å². The van der Waals surface area contributed by atoms with Gasteiger partial charge in [-0.2, -0.15) is 0 Å². The van der Waals surface area contributed by atoms with Crippen LogP contribution in [0, 0.1) is 0 Å². The Morgan fingerprint density at radius 2 is 1.24 bits per heavy atom. The van der Waals surface area contributed by atoms with Crippen LogP contribution in [0.2, 0.25) is 0 Å². The van der Waals surface area contributed by atoms with Crippen molar-refractivity contribution in [3.8, 4) is 0 Å². The Balaban J connectivity index is 1.87. The van der Waals surface area contributed by atoms with Gasteiger partial charge in [-0.15, -0.1) is 0 Å². The highest BCUT2D eigenvalue weighted by Gasteiger charge is 2.10. The Bertz CT molecular complexity index is 763. The average molecular weight is 338 g/mol. The SMILES string of the molecule is CC(=O)c1ccc(NC(=O)CC(=O)Nc2ccc(C(C)C)cc2)cc1. The minimum atomic E-state index is -0.410. The number of carbonyl (C=O) groups excluding carboxylic acids is 3. The van der Waals surface area contributed by atoms with E-state index in [2.05, 4.69) is 24.5 Å². The molecule has 0 saturated carbocycles. The predicted molar refractivity (Wildman–Crippen MR) is 98.9 cm³/mol. The van der Waals surface area contributed by atoms with Crippen LogP contribution in [0.15, 0.2) is 48.5 Å². The van der Waals surface area contributed by atoms with Gasteiger partial charge in [-0.3, -0.25) is 14.4 Å². The van der Waals surface area contributed by atoms with E-state index in [0.29, 0.717) is 22.9 Å². The van der Waals surface area contributed by atoms with Crippen molar-refractivity contribution in [2.24, 2.45) is 0 Å². The molecule has 0 fully saturated rings. The zero-order valence-corrected chi connectivity index (χ0v) is 14.6. The van der Waals surface area contributed by atoms with Crippen LogP contribution in [0.3, 0.4) is 0 Å². The molecule has 5 nitrogen and oxygen atoms in total. The van der Waals surface area contributed by atoms with E-state index in [4.69, 9.17) is 0 Å². The van der Waals surface area contributed by atoms with Crippen molar-refractivity contribution in [3.05, 3.63) is 59.7 Å². The molecule has 2 amide bonds. The summed E-state index contributed by atoms with van der Waals surface area (Å²) in [5.41, 5.74) is 2.96. The third-order valence-corrected chi connectivity index (χ3v) is 3.76. The average Bonchev–Trinajstić information content (AvgIpc) is 2.55. The van der Waals surface area contributed by atoms with Gasteiger partial charge >= 0.3 is 0 Å². The van der Waals surface area contributed by atoms with Gasteiger partial charge in [0.05, 0.1) is 0 Å². The van der Waals surface area contributed by atoms with Crippen LogP contribution in [-0.4, -0.2) is 17.6 Å². The first-order valence-electron chi connectivity index (χ1n) is 8.16. The van der Waals surface area contributed by atoms with E-state index in [0.717, 1.165) is 0 Å². The monoisotopic (exact) mass is 338 g/mol. The molecule has 0 aliphatic rings. The van der Waals surface area contributed by atoms with Gasteiger partial charge in [-0.05, 0) is 54.8 Å². The number of carbonyl (C=O) groups is 3. The third-order valence-electron chi connectivity index (χ3n) is 3.76. The van der Waals surface area contributed by atoms with Gasteiger partial charge in [0.15, 0.2) is 5.78 Å². The van der Waals surface area contributed by atoms with Crippen molar-refractivity contribution < 1.29 is 14.4 Å². The first kappa shape index (κ1) is 18.4. The number of rotatable bonds is 6. The maximum atomic E-state index is 12.0. The number of benzene rings is 2. The van der Waals surface area contributed by atoms with E-state index in [9.17, 15) is 14.4 Å². The number of nitrogens with one attached hydrogen (secondary N) is 2. The molecule has 0 saturated heterocycles. The first-order valence-corrected chi connectivity index (χ1v) is 8.16. The van der Waals surface area contributed by atoms with Crippen LogP contribution in [0.25, 0.3) is 0 Å². The van der Waals surface area contributed by atoms with Crippen LogP contribution in [0.4, 0.5) is 11.4 Å². The summed E-state index contributed by atoms with van der Waals surface area (Å²) in [4.78, 5) is 35.1. The molecule has 5 heteroatoms. The summed E-state index contributed by atoms with van der Waals surface area (Å²) in [6, 6.07) is 14.1. The standard InChI is InChI=1S/C20H22N2O3/c1-13(2)15-4-8-17(9-5-15)21-19(24)12-20(25)22-18-10-6-16(7-11-18)14(3)23/h4-11,13H,12H2,1-3H3,(H,21,24)(H,22,25). The molecule has 0 heterocycles. The molecule has 0 aliphatic carbocycles. The summed E-state index contributed by atoms with van der Waals surface area (Å²) in [7, 11) is 0. The molecule has 0 atom stereocenters. The number of amides is 2. The van der Waals surface area contributed by atoms with Crippen molar-refractivity contribution in [1.82, 2.24) is 0 Å². The largest absolute Gasteiger partial charge is 0.326 e. The summed E-state index contributed by atoms with van der Waals surface area (Å²) in [6.45, 7) is 5.67. The Hall–Kier alpha value is -2.95. The van der Waals surface area contributed by atoms with Gasteiger partial charge in [0.25, 0.3) is 0 Å². The van der Waals surface area contributed by atoms with Gasteiger partial charge in [0.1, 0.15) is 6.42 Å². The van der Waals surface area contributed by atoms with Gasteiger partial charge in [0, 0.05) is 16.9 Å². The molecule has 25 heavy (non-hydrogen) atoms. The lowest BCUT2D eigenvalue weighted by molar-refractivity contribution is -0.123. The lowest BCUT2D eigenvalue weighted by Gasteiger charge is -2.09. The van der Waals surface area contributed by atoms with E-state index in [-0.39, 0.29) is 18.1 Å². The van der Waals surface area contributed by atoms with Crippen molar-refractivity contribution in [1.29, 1.82) is 0 Å². The number of hydrogen-bond donors (Lipinski definition) is 2. The molecular weight excluding hydrogens is 316 g/mol. The number of Topliss-reactive ketones (excluding diaryl/α,β-unsaturated/α-hetero) is 1. The second-order valence-corrected chi connectivity index (χ2v) is 6.18. The zero-order valence-electron chi connectivity index (χ0n) is 14.6. The molecular formula is C20H22N2O3. The van der Waals surface area contributed by atoms with E-state index in [1.54, 1.807) is 24.3 Å². The summed E-state index contributed by atoms with van der Waals surface area (Å²) >= 11 is 0. The predicted octanol–water partition coefficient (Wildman–Crippen LogP) is 3.98. The Morgan fingerprint density at radius 3 is 1.64 bits per heavy atom. The summed E-state index contributed by atoms with van der Waals surface area (Å²) in [5, 5.41) is 5.34. The lowest BCUT2D eigenvalue weighted by Crippen LogP contribution is -2.21. The number of ketones is 1. The Morgan fingerprint density at radius 1 is 0.800 bits per heavy atom. The maximum absolute atomic E-state index is 12.0. The molecule has 0 radical (unpaired) electrons. The molecule has 2 rings (SSSR count). The van der Waals surface area contributed by atoms with Gasteiger partial charge in [-0.25, -0.2) is 0 Å². The molecule has 0 aliphatic heterocycles. The van der Waals surface area contributed by atoms with Crippen LogP contribution in [-0.2, 0) is 9.59 Å². The molecule has 0 spiro atoms. The minimum absolute atomic E-state index is 0.0410. The summed E-state index contributed by atoms with van der Waals surface area (Å²) in [6.07, 6.45) is -0.277. The van der Waals surface area contributed by atoms with Crippen molar-refractivity contribution in [3.63, 3.8) is 0 Å². The fourth-order valence-corrected chi connectivity index (χ4v) is 2.30. The van der Waals surface area contributed by atoms with Crippen molar-refractivity contribution >= 4 is 29.0 Å². The fraction of sp³-hybridized carbons (Fsp3) is 0.250. The molecule has 2 aromatic rings. The van der Waals surface area contributed by atoms with Crippen LogP contribution in [0.1, 0.15) is 49.0 Å². The number of anilines is 2. The highest BCUT2D eigenvalue weighted by atomic mass is 16.2. The van der Waals surface area contributed by atoms with Crippen LogP contribution >= 0.6 is 0 Å². The van der Waals surface area contributed by atoms with E-state index >= 15 is 0 Å². The van der Waals surface area contributed by atoms with E-state index in [1.165, 1.54) is 12.5 Å². The molecule has 0 unspecified atom stereocenters. The zero-order chi connectivity index (χ0) is 18.4. The van der Waals surface area contributed by atoms with Crippen molar-refractivity contribution in [2.75, 3.05) is 10.6 Å². The Kier molecular flexibility index (Phi) is 6.06. The normalized spacial score (nSPS) is 10.4.